The largest absolute Gasteiger partial charge is 0.466 e. The molecule has 2 unspecified atom stereocenters. The van der Waals surface area contributed by atoms with E-state index in [1.54, 1.807) is 0 Å². The third-order valence-corrected chi connectivity index (χ3v) is 6.01. The molecule has 0 fully saturated rings. The monoisotopic (exact) mass is 326 g/mol. The fourth-order valence-electron chi connectivity index (χ4n) is 2.42. The summed E-state index contributed by atoms with van der Waals surface area (Å²) in [6.07, 6.45) is 15.4. The molecular formula is C19H34O2S. The van der Waals surface area contributed by atoms with Gasteiger partial charge in [-0.1, -0.05) is 52.2 Å². The molecule has 0 amide bonds. The highest BCUT2D eigenvalue weighted by molar-refractivity contribution is 7.99. The minimum Gasteiger partial charge on any atom is -0.466 e. The van der Waals surface area contributed by atoms with E-state index in [9.17, 15) is 4.79 Å². The molecule has 0 aliphatic heterocycles. The second-order valence-electron chi connectivity index (χ2n) is 6.22. The van der Waals surface area contributed by atoms with E-state index in [1.165, 1.54) is 45.3 Å². The van der Waals surface area contributed by atoms with Crippen molar-refractivity contribution >= 4 is 17.7 Å². The van der Waals surface area contributed by atoms with Crippen molar-refractivity contribution in [2.45, 2.75) is 71.0 Å². The van der Waals surface area contributed by atoms with Crippen molar-refractivity contribution in [3.63, 3.8) is 0 Å². The van der Waals surface area contributed by atoms with Gasteiger partial charge in [0.25, 0.3) is 0 Å². The number of esters is 1. The molecule has 0 N–H and O–H groups in total. The first kappa shape index (κ1) is 21.3. The van der Waals surface area contributed by atoms with Gasteiger partial charge in [-0.25, -0.2) is 4.79 Å². The fourth-order valence-corrected chi connectivity index (χ4v) is 3.05. The van der Waals surface area contributed by atoms with Crippen LogP contribution in [0.15, 0.2) is 23.8 Å². The van der Waals surface area contributed by atoms with E-state index in [-0.39, 0.29) is 5.97 Å². The van der Waals surface area contributed by atoms with Crippen LogP contribution in [0, 0.1) is 5.92 Å². The van der Waals surface area contributed by atoms with E-state index in [4.69, 9.17) is 0 Å². The molecule has 0 radical (unpaired) electrons. The first-order valence-electron chi connectivity index (χ1n) is 8.38. The minimum atomic E-state index is -0.287. The molecule has 0 bridgehead atoms. The zero-order valence-corrected chi connectivity index (χ0v) is 16.1. The molecule has 0 heterocycles. The van der Waals surface area contributed by atoms with Crippen molar-refractivity contribution in [2.24, 2.45) is 5.92 Å². The van der Waals surface area contributed by atoms with Crippen LogP contribution in [0.5, 0.6) is 0 Å². The Bertz CT molecular complexity index is 368. The van der Waals surface area contributed by atoms with Crippen LogP contribution < -0.4 is 0 Å². The highest BCUT2D eigenvalue weighted by atomic mass is 32.2. The zero-order valence-electron chi connectivity index (χ0n) is 15.3. The summed E-state index contributed by atoms with van der Waals surface area (Å²) in [6.45, 7) is 8.86. The van der Waals surface area contributed by atoms with Crippen molar-refractivity contribution in [2.75, 3.05) is 13.4 Å². The van der Waals surface area contributed by atoms with Gasteiger partial charge >= 0.3 is 5.97 Å². The molecule has 0 aromatic rings. The summed E-state index contributed by atoms with van der Waals surface area (Å²) in [7, 11) is 1.40. The third-order valence-electron chi connectivity index (χ3n) is 4.53. The molecule has 3 heteroatoms. The molecule has 2 atom stereocenters. The van der Waals surface area contributed by atoms with E-state index in [0.717, 1.165) is 17.9 Å². The van der Waals surface area contributed by atoms with Crippen LogP contribution >= 0.6 is 11.8 Å². The molecule has 0 aliphatic carbocycles. The average molecular weight is 327 g/mol. The number of ether oxygens (including phenoxy) is 1. The molecular weight excluding hydrogens is 292 g/mol. The number of hydrogen-bond donors (Lipinski definition) is 0. The van der Waals surface area contributed by atoms with Gasteiger partial charge in [0.1, 0.15) is 0 Å². The van der Waals surface area contributed by atoms with E-state index < -0.39 is 0 Å². The van der Waals surface area contributed by atoms with Crippen molar-refractivity contribution in [3.8, 4) is 0 Å². The normalized spacial score (nSPS) is 16.5. The predicted octanol–water partition coefficient (Wildman–Crippen LogP) is 5.78. The van der Waals surface area contributed by atoms with E-state index in [0.29, 0.717) is 4.75 Å². The average Bonchev–Trinajstić information content (AvgIpc) is 2.52. The standard InChI is InChI=1S/C19H34O2S/c1-7-17(13-10-14-19(4,8-2)22-6)12-9-11-16(3)15-18(20)21-5/h9,11,15,17H,7-8,10,12-14H2,1-6H3. The van der Waals surface area contributed by atoms with Crippen molar-refractivity contribution in [1.29, 1.82) is 0 Å². The van der Waals surface area contributed by atoms with E-state index in [1.807, 2.05) is 24.8 Å². The predicted molar refractivity (Wildman–Crippen MR) is 99.4 cm³/mol. The first-order chi connectivity index (χ1) is 10.4. The maximum Gasteiger partial charge on any atom is 0.330 e. The zero-order chi connectivity index (χ0) is 17.0. The number of carbonyl (C=O) groups is 1. The maximum absolute atomic E-state index is 11.1. The van der Waals surface area contributed by atoms with Crippen LogP contribution in [0.25, 0.3) is 0 Å². The van der Waals surface area contributed by atoms with E-state index >= 15 is 0 Å². The molecule has 0 rings (SSSR count). The van der Waals surface area contributed by atoms with Crippen LogP contribution in [0.1, 0.15) is 66.2 Å². The Labute approximate surface area is 141 Å². The Morgan fingerprint density at radius 3 is 2.55 bits per heavy atom. The number of thioether (sulfide) groups is 1. The van der Waals surface area contributed by atoms with Gasteiger partial charge in [0.05, 0.1) is 7.11 Å². The lowest BCUT2D eigenvalue weighted by atomic mass is 9.92. The van der Waals surface area contributed by atoms with E-state index in [2.05, 4.69) is 37.8 Å². The van der Waals surface area contributed by atoms with Crippen LogP contribution in [0.2, 0.25) is 0 Å². The number of allylic oxidation sites excluding steroid dienone is 3. The molecule has 0 saturated carbocycles. The van der Waals surface area contributed by atoms with Crippen molar-refractivity contribution < 1.29 is 9.53 Å². The Kier molecular flexibility index (Phi) is 11.4. The summed E-state index contributed by atoms with van der Waals surface area (Å²) in [5, 5.41) is 0. The summed E-state index contributed by atoms with van der Waals surface area (Å²) in [5.74, 6) is 0.454. The fraction of sp³-hybridized carbons (Fsp3) is 0.737. The molecule has 128 valence electrons. The van der Waals surface area contributed by atoms with Gasteiger partial charge in [0.2, 0.25) is 0 Å². The lowest BCUT2D eigenvalue weighted by molar-refractivity contribution is -0.134. The molecule has 0 aliphatic rings. The van der Waals surface area contributed by atoms with Gasteiger partial charge in [-0.2, -0.15) is 11.8 Å². The summed E-state index contributed by atoms with van der Waals surface area (Å²) in [6, 6.07) is 0. The van der Waals surface area contributed by atoms with Gasteiger partial charge in [0, 0.05) is 10.8 Å². The highest BCUT2D eigenvalue weighted by Gasteiger charge is 2.20. The molecule has 2 nitrogen and oxygen atoms in total. The molecule has 0 aromatic heterocycles. The SMILES string of the molecule is CCC(CC=CC(C)=CC(=O)OC)CCCC(C)(CC)SC. The summed E-state index contributed by atoms with van der Waals surface area (Å²) in [5.41, 5.74) is 0.947. The topological polar surface area (TPSA) is 26.3 Å². The number of methoxy groups -OCH3 is 1. The second-order valence-corrected chi connectivity index (χ2v) is 7.62. The first-order valence-corrected chi connectivity index (χ1v) is 9.61. The van der Waals surface area contributed by atoms with Crippen molar-refractivity contribution in [1.82, 2.24) is 0 Å². The summed E-state index contributed by atoms with van der Waals surface area (Å²) in [4.78, 5) is 11.1. The molecule has 22 heavy (non-hydrogen) atoms. The Hall–Kier alpha value is -0.700. The maximum atomic E-state index is 11.1. The second kappa shape index (κ2) is 11.8. The smallest absolute Gasteiger partial charge is 0.330 e. The van der Waals surface area contributed by atoms with Gasteiger partial charge in [0.15, 0.2) is 0 Å². The van der Waals surface area contributed by atoms with Crippen LogP contribution in [-0.2, 0) is 9.53 Å². The Balaban J connectivity index is 4.22. The third kappa shape index (κ3) is 9.34. The van der Waals surface area contributed by atoms with Crippen LogP contribution in [0.3, 0.4) is 0 Å². The van der Waals surface area contributed by atoms with Crippen LogP contribution in [-0.4, -0.2) is 24.1 Å². The number of hydrogen-bond acceptors (Lipinski definition) is 3. The number of rotatable bonds is 11. The van der Waals surface area contributed by atoms with Gasteiger partial charge in [-0.05, 0) is 43.9 Å². The molecule has 0 spiro atoms. The van der Waals surface area contributed by atoms with Gasteiger partial charge in [-0.3, -0.25) is 0 Å². The minimum absolute atomic E-state index is 0.287. The van der Waals surface area contributed by atoms with Gasteiger partial charge < -0.3 is 4.74 Å². The lowest BCUT2D eigenvalue weighted by Gasteiger charge is -2.26. The molecule has 0 aromatic carbocycles. The Morgan fingerprint density at radius 1 is 1.36 bits per heavy atom. The van der Waals surface area contributed by atoms with Crippen LogP contribution in [0.4, 0.5) is 0 Å². The lowest BCUT2D eigenvalue weighted by Crippen LogP contribution is -2.18. The highest BCUT2D eigenvalue weighted by Crippen LogP contribution is 2.32. The molecule has 0 saturated heterocycles. The Morgan fingerprint density at radius 2 is 2.05 bits per heavy atom. The van der Waals surface area contributed by atoms with Crippen molar-refractivity contribution in [3.05, 3.63) is 23.8 Å². The number of carbonyl (C=O) groups excluding carboxylic acids is 1. The van der Waals surface area contributed by atoms with Gasteiger partial charge in [-0.15, -0.1) is 0 Å². The summed E-state index contributed by atoms with van der Waals surface area (Å²) >= 11 is 2.00. The summed E-state index contributed by atoms with van der Waals surface area (Å²) < 4.78 is 5.06. The quantitative estimate of drug-likeness (QED) is 0.273.